The number of thiophene rings is 1. The van der Waals surface area contributed by atoms with Gasteiger partial charge in [-0.05, 0) is 29.5 Å². The summed E-state index contributed by atoms with van der Waals surface area (Å²) in [6.45, 7) is 1.98. The number of rotatable bonds is 7. The van der Waals surface area contributed by atoms with Gasteiger partial charge in [-0.1, -0.05) is 66.2 Å². The summed E-state index contributed by atoms with van der Waals surface area (Å²) in [6, 6.07) is 22.3. The highest BCUT2D eigenvalue weighted by Crippen LogP contribution is 2.26. The lowest BCUT2D eigenvalue weighted by molar-refractivity contribution is -0.122. The number of nitrogens with zero attached hydrogens (tertiary/aromatic N) is 2. The van der Waals surface area contributed by atoms with Gasteiger partial charge in [-0.3, -0.25) is 18.7 Å². The van der Waals surface area contributed by atoms with Gasteiger partial charge in [0.15, 0.2) is 0 Å². The van der Waals surface area contributed by atoms with Gasteiger partial charge >= 0.3 is 5.69 Å². The van der Waals surface area contributed by atoms with Crippen LogP contribution in [0.1, 0.15) is 27.6 Å². The van der Waals surface area contributed by atoms with Crippen LogP contribution >= 0.6 is 11.3 Å². The first kappa shape index (κ1) is 21.5. The monoisotopic (exact) mass is 445 g/mol. The zero-order valence-corrected chi connectivity index (χ0v) is 18.4. The smallest absolute Gasteiger partial charge is 0.331 e. The highest BCUT2D eigenvalue weighted by Gasteiger charge is 2.19. The molecule has 0 aliphatic carbocycles. The molecule has 4 aromatic rings. The van der Waals surface area contributed by atoms with Crippen LogP contribution in [0.5, 0.6) is 0 Å². The fourth-order valence-corrected chi connectivity index (χ4v) is 4.29. The summed E-state index contributed by atoms with van der Waals surface area (Å²) in [4.78, 5) is 39.2. The van der Waals surface area contributed by atoms with Crippen LogP contribution in [0.25, 0.3) is 0 Å². The van der Waals surface area contributed by atoms with E-state index in [1.54, 1.807) is 0 Å². The van der Waals surface area contributed by atoms with E-state index < -0.39 is 17.2 Å². The van der Waals surface area contributed by atoms with Crippen LogP contribution in [0, 0.1) is 6.92 Å². The lowest BCUT2D eigenvalue weighted by atomic mass is 10.0. The Hall–Kier alpha value is -3.71. The van der Waals surface area contributed by atoms with Crippen LogP contribution in [0.3, 0.4) is 0 Å². The number of carbonyl (C=O) groups is 1. The number of aromatic nitrogens is 2. The average molecular weight is 446 g/mol. The molecule has 0 aliphatic heterocycles. The standard InChI is InChI=1S/C25H23N3O3S/c1-18-9-11-20(12-10-18)24(21-8-5-15-32-21)26-22(29)17-28-23(30)13-14-27(25(28)31)16-19-6-3-2-4-7-19/h2-15,24H,16-17H2,1H3,(H,26,29). The topological polar surface area (TPSA) is 73.1 Å². The highest BCUT2D eigenvalue weighted by molar-refractivity contribution is 7.10. The van der Waals surface area contributed by atoms with Crippen LogP contribution in [0.15, 0.2) is 94.0 Å². The normalized spacial score (nSPS) is 11.8. The fraction of sp³-hybridized carbons (Fsp3) is 0.160. The second kappa shape index (κ2) is 9.62. The number of nitrogens with one attached hydrogen (secondary N) is 1. The van der Waals surface area contributed by atoms with Gasteiger partial charge in [-0.25, -0.2) is 4.79 Å². The van der Waals surface area contributed by atoms with Crippen molar-refractivity contribution in [2.24, 2.45) is 0 Å². The Bertz CT molecular complexity index is 1310. The molecule has 0 fully saturated rings. The van der Waals surface area contributed by atoms with Gasteiger partial charge in [0.1, 0.15) is 6.54 Å². The van der Waals surface area contributed by atoms with Crippen LogP contribution in [-0.4, -0.2) is 15.0 Å². The second-order valence-corrected chi connectivity index (χ2v) is 8.54. The van der Waals surface area contributed by atoms with Gasteiger partial charge in [0, 0.05) is 17.1 Å². The maximum absolute atomic E-state index is 12.9. The largest absolute Gasteiger partial charge is 0.343 e. The Morgan fingerprint density at radius 2 is 1.72 bits per heavy atom. The zero-order chi connectivity index (χ0) is 22.5. The molecule has 4 rings (SSSR count). The van der Waals surface area contributed by atoms with Crippen molar-refractivity contribution in [3.8, 4) is 0 Å². The summed E-state index contributed by atoms with van der Waals surface area (Å²) in [5.74, 6) is -0.402. The first-order valence-corrected chi connectivity index (χ1v) is 11.1. The lowest BCUT2D eigenvalue weighted by Gasteiger charge is -2.19. The molecule has 2 aromatic heterocycles. The Morgan fingerprint density at radius 1 is 0.969 bits per heavy atom. The Balaban J connectivity index is 1.57. The number of amides is 1. The number of carbonyl (C=O) groups excluding carboxylic acids is 1. The molecule has 7 heteroatoms. The van der Waals surface area contributed by atoms with Crippen molar-refractivity contribution in [2.45, 2.75) is 26.1 Å². The van der Waals surface area contributed by atoms with E-state index in [9.17, 15) is 14.4 Å². The quantitative estimate of drug-likeness (QED) is 0.474. The van der Waals surface area contributed by atoms with Crippen LogP contribution in [-0.2, 0) is 17.9 Å². The highest BCUT2D eigenvalue weighted by atomic mass is 32.1. The minimum atomic E-state index is -0.514. The molecule has 1 N–H and O–H groups in total. The van der Waals surface area contributed by atoms with Crippen molar-refractivity contribution in [1.29, 1.82) is 0 Å². The summed E-state index contributed by atoms with van der Waals surface area (Å²) >= 11 is 1.54. The van der Waals surface area contributed by atoms with Crippen LogP contribution < -0.4 is 16.6 Å². The maximum atomic E-state index is 12.9. The molecule has 6 nitrogen and oxygen atoms in total. The van der Waals surface area contributed by atoms with Crippen LogP contribution in [0.4, 0.5) is 0 Å². The summed E-state index contributed by atoms with van der Waals surface area (Å²) < 4.78 is 2.40. The molecular weight excluding hydrogens is 422 g/mol. The molecule has 0 saturated carbocycles. The van der Waals surface area contributed by atoms with Gasteiger partial charge < -0.3 is 5.32 Å². The molecule has 162 valence electrons. The third kappa shape index (κ3) is 4.95. The average Bonchev–Trinajstić information content (AvgIpc) is 3.33. The lowest BCUT2D eigenvalue weighted by Crippen LogP contribution is -2.43. The Kier molecular flexibility index (Phi) is 6.47. The van der Waals surface area contributed by atoms with E-state index in [1.165, 1.54) is 28.2 Å². The molecule has 32 heavy (non-hydrogen) atoms. The molecule has 1 atom stereocenters. The van der Waals surface area contributed by atoms with Crippen molar-refractivity contribution in [2.75, 3.05) is 0 Å². The van der Waals surface area contributed by atoms with Gasteiger partial charge in [0.05, 0.1) is 12.6 Å². The molecule has 2 aromatic carbocycles. The van der Waals surface area contributed by atoms with Crippen LogP contribution in [0.2, 0.25) is 0 Å². The Labute approximate surface area is 189 Å². The van der Waals surface area contributed by atoms with E-state index in [2.05, 4.69) is 5.32 Å². The van der Waals surface area contributed by atoms with Gasteiger partial charge in [0.2, 0.25) is 5.91 Å². The molecular formula is C25H23N3O3S. The predicted molar refractivity (Wildman–Crippen MR) is 126 cm³/mol. The molecule has 0 saturated heterocycles. The summed E-state index contributed by atoms with van der Waals surface area (Å²) in [5.41, 5.74) is 1.98. The number of aryl methyl sites for hydroxylation is 1. The van der Waals surface area contributed by atoms with Gasteiger partial charge in [0.25, 0.3) is 5.56 Å². The van der Waals surface area contributed by atoms with E-state index in [0.29, 0.717) is 6.54 Å². The second-order valence-electron chi connectivity index (χ2n) is 7.56. The number of hydrogen-bond acceptors (Lipinski definition) is 4. The summed E-state index contributed by atoms with van der Waals surface area (Å²) in [7, 11) is 0. The van der Waals surface area contributed by atoms with E-state index in [-0.39, 0.29) is 12.6 Å². The zero-order valence-electron chi connectivity index (χ0n) is 17.6. The maximum Gasteiger partial charge on any atom is 0.331 e. The molecule has 0 radical (unpaired) electrons. The fourth-order valence-electron chi connectivity index (χ4n) is 3.49. The predicted octanol–water partition coefficient (Wildman–Crippen LogP) is 3.33. The molecule has 1 amide bonds. The van der Waals surface area contributed by atoms with Gasteiger partial charge in [-0.15, -0.1) is 11.3 Å². The molecule has 0 spiro atoms. The number of hydrogen-bond donors (Lipinski definition) is 1. The molecule has 0 aliphatic rings. The van der Waals surface area contributed by atoms with Crippen molar-refractivity contribution in [3.05, 3.63) is 127 Å². The first-order valence-electron chi connectivity index (χ1n) is 10.2. The van der Waals surface area contributed by atoms with Crippen molar-refractivity contribution < 1.29 is 4.79 Å². The molecule has 2 heterocycles. The molecule has 1 unspecified atom stereocenters. The van der Waals surface area contributed by atoms with E-state index >= 15 is 0 Å². The van der Waals surface area contributed by atoms with E-state index in [1.807, 2.05) is 79.0 Å². The van der Waals surface area contributed by atoms with Crippen molar-refractivity contribution in [3.63, 3.8) is 0 Å². The first-order chi connectivity index (χ1) is 15.5. The van der Waals surface area contributed by atoms with Crippen molar-refractivity contribution >= 4 is 17.2 Å². The van der Waals surface area contributed by atoms with Gasteiger partial charge in [-0.2, -0.15) is 0 Å². The SMILES string of the molecule is Cc1ccc(C(NC(=O)Cn2c(=O)ccn(Cc3ccccc3)c2=O)c2cccs2)cc1. The minimum Gasteiger partial charge on any atom is -0.343 e. The van der Waals surface area contributed by atoms with E-state index in [4.69, 9.17) is 0 Å². The summed E-state index contributed by atoms with van der Waals surface area (Å²) in [6.07, 6.45) is 1.47. The van der Waals surface area contributed by atoms with Crippen molar-refractivity contribution in [1.82, 2.24) is 14.5 Å². The third-order valence-electron chi connectivity index (χ3n) is 5.18. The molecule has 0 bridgehead atoms. The van der Waals surface area contributed by atoms with E-state index in [0.717, 1.165) is 26.1 Å². The Morgan fingerprint density at radius 3 is 2.41 bits per heavy atom. The third-order valence-corrected chi connectivity index (χ3v) is 6.12. The summed E-state index contributed by atoms with van der Waals surface area (Å²) in [5, 5.41) is 4.94. The number of benzene rings is 2. The minimum absolute atomic E-state index is 0.322.